The van der Waals surface area contributed by atoms with Crippen molar-refractivity contribution < 1.29 is 24.5 Å². The molecule has 3 N–H and O–H groups in total. The highest BCUT2D eigenvalue weighted by Crippen LogP contribution is 2.17. The largest absolute Gasteiger partial charge is 0.489 e. The van der Waals surface area contributed by atoms with Crippen LogP contribution in [-0.4, -0.2) is 34.2 Å². The molecule has 2 aromatic carbocycles. The minimum Gasteiger partial charge on any atom is -0.489 e. The Hall–Kier alpha value is -2.86. The van der Waals surface area contributed by atoms with E-state index in [1.807, 2.05) is 63.2 Å². The molecule has 2 aromatic rings. The normalized spacial score (nSPS) is 13.1. The Balaban J connectivity index is 2.04. The first-order chi connectivity index (χ1) is 13.7. The Morgan fingerprint density at radius 1 is 0.966 bits per heavy atom. The van der Waals surface area contributed by atoms with Crippen molar-refractivity contribution in [3.8, 4) is 5.75 Å². The lowest BCUT2D eigenvalue weighted by Crippen LogP contribution is -2.48. The van der Waals surface area contributed by atoms with Crippen LogP contribution < -0.4 is 10.1 Å². The molecule has 6 nitrogen and oxygen atoms in total. The Kier molecular flexibility index (Phi) is 8.21. The summed E-state index contributed by atoms with van der Waals surface area (Å²) in [7, 11) is 0. The average Bonchev–Trinajstić information content (AvgIpc) is 2.66. The fourth-order valence-corrected chi connectivity index (χ4v) is 3.02. The van der Waals surface area contributed by atoms with Gasteiger partial charge in [0.25, 0.3) is 0 Å². The maximum Gasteiger partial charge on any atom is 0.321 e. The monoisotopic (exact) mass is 399 g/mol. The van der Waals surface area contributed by atoms with Crippen LogP contribution in [0.5, 0.6) is 5.75 Å². The number of hydrogen-bond acceptors (Lipinski definition) is 4. The zero-order valence-corrected chi connectivity index (χ0v) is 17.1. The molecule has 0 saturated heterocycles. The number of hydrogen-bond donors (Lipinski definition) is 3. The molecular formula is C23H29NO5. The number of aliphatic carboxylic acids is 2. The third kappa shape index (κ3) is 7.58. The van der Waals surface area contributed by atoms with E-state index in [1.54, 1.807) is 6.07 Å². The molecule has 0 radical (unpaired) electrons. The smallest absolute Gasteiger partial charge is 0.321 e. The maximum atomic E-state index is 11.7. The standard InChI is InChI=1S/C23H29NO5/c1-15(2)11-20(22(25)26)24-21(23(27)28)13-18-5-4-6-19(12-18)29-14-17-9-7-16(3)8-10-17/h4-10,12,15,20-21,24H,11,13-14H2,1-3H3,(H,25,26)(H,27,28)/t20-,21-/m0/s1. The number of ether oxygens (including phenoxy) is 1. The number of carboxylic acids is 2. The van der Waals surface area contributed by atoms with Gasteiger partial charge in [0.15, 0.2) is 0 Å². The second-order valence-electron chi connectivity index (χ2n) is 7.70. The van der Waals surface area contributed by atoms with Gasteiger partial charge in [-0.3, -0.25) is 14.9 Å². The van der Waals surface area contributed by atoms with E-state index in [0.717, 1.165) is 11.1 Å². The summed E-state index contributed by atoms with van der Waals surface area (Å²) in [5.41, 5.74) is 2.99. The van der Waals surface area contributed by atoms with Gasteiger partial charge >= 0.3 is 11.9 Å². The van der Waals surface area contributed by atoms with E-state index >= 15 is 0 Å². The number of aryl methyl sites for hydroxylation is 1. The summed E-state index contributed by atoms with van der Waals surface area (Å²) in [6.45, 7) is 6.25. The van der Waals surface area contributed by atoms with Gasteiger partial charge in [-0.05, 0) is 48.9 Å². The molecule has 0 saturated carbocycles. The van der Waals surface area contributed by atoms with Crippen LogP contribution in [0.15, 0.2) is 48.5 Å². The minimum atomic E-state index is -1.08. The third-order valence-electron chi connectivity index (χ3n) is 4.57. The van der Waals surface area contributed by atoms with Gasteiger partial charge in [-0.2, -0.15) is 0 Å². The van der Waals surface area contributed by atoms with Gasteiger partial charge in [-0.25, -0.2) is 0 Å². The lowest BCUT2D eigenvalue weighted by molar-refractivity contribution is -0.142. The van der Waals surface area contributed by atoms with E-state index in [4.69, 9.17) is 4.74 Å². The van der Waals surface area contributed by atoms with Crippen LogP contribution in [0.25, 0.3) is 0 Å². The zero-order valence-electron chi connectivity index (χ0n) is 17.1. The highest BCUT2D eigenvalue weighted by molar-refractivity contribution is 5.77. The first-order valence-corrected chi connectivity index (χ1v) is 9.73. The summed E-state index contributed by atoms with van der Waals surface area (Å²) in [6, 6.07) is 13.4. The Bertz CT molecular complexity index is 816. The molecular weight excluding hydrogens is 370 g/mol. The van der Waals surface area contributed by atoms with Crippen molar-refractivity contribution in [1.82, 2.24) is 5.32 Å². The summed E-state index contributed by atoms with van der Waals surface area (Å²) in [6.07, 6.45) is 0.526. The number of rotatable bonds is 11. The van der Waals surface area contributed by atoms with E-state index in [2.05, 4.69) is 5.32 Å². The van der Waals surface area contributed by atoms with Crippen molar-refractivity contribution in [2.75, 3.05) is 0 Å². The molecule has 0 spiro atoms. The van der Waals surface area contributed by atoms with Crippen LogP contribution in [0.4, 0.5) is 0 Å². The molecule has 0 aromatic heterocycles. The van der Waals surface area contributed by atoms with Crippen LogP contribution >= 0.6 is 0 Å². The number of carbonyl (C=O) groups is 2. The second kappa shape index (κ2) is 10.6. The van der Waals surface area contributed by atoms with Crippen LogP contribution in [0.2, 0.25) is 0 Å². The molecule has 0 fully saturated rings. The lowest BCUT2D eigenvalue weighted by Gasteiger charge is -2.22. The molecule has 6 heteroatoms. The quantitative estimate of drug-likeness (QED) is 0.534. The van der Waals surface area contributed by atoms with Crippen LogP contribution in [0.3, 0.4) is 0 Å². The van der Waals surface area contributed by atoms with Crippen LogP contribution in [0, 0.1) is 12.8 Å². The van der Waals surface area contributed by atoms with Crippen molar-refractivity contribution in [3.05, 3.63) is 65.2 Å². The van der Waals surface area contributed by atoms with Crippen molar-refractivity contribution in [3.63, 3.8) is 0 Å². The molecule has 0 aliphatic heterocycles. The fraction of sp³-hybridized carbons (Fsp3) is 0.391. The summed E-state index contributed by atoms with van der Waals surface area (Å²) < 4.78 is 5.82. The lowest BCUT2D eigenvalue weighted by atomic mass is 10.0. The molecule has 0 unspecified atom stereocenters. The Morgan fingerprint density at radius 3 is 2.21 bits per heavy atom. The molecule has 0 aliphatic rings. The van der Waals surface area contributed by atoms with Gasteiger partial charge in [0, 0.05) is 0 Å². The molecule has 0 aliphatic carbocycles. The first kappa shape index (κ1) is 22.4. The second-order valence-corrected chi connectivity index (χ2v) is 7.70. The Morgan fingerprint density at radius 2 is 1.62 bits per heavy atom. The van der Waals surface area contributed by atoms with Crippen molar-refractivity contribution in [1.29, 1.82) is 0 Å². The molecule has 29 heavy (non-hydrogen) atoms. The van der Waals surface area contributed by atoms with E-state index in [9.17, 15) is 19.8 Å². The van der Waals surface area contributed by atoms with Crippen molar-refractivity contribution >= 4 is 11.9 Å². The van der Waals surface area contributed by atoms with E-state index in [-0.39, 0.29) is 12.3 Å². The SMILES string of the molecule is Cc1ccc(COc2cccc(C[C@H](N[C@@H](CC(C)C)C(=O)O)C(=O)O)c2)cc1. The van der Waals surface area contributed by atoms with Crippen LogP contribution in [-0.2, 0) is 22.6 Å². The number of carboxylic acid groups (broad SMARTS) is 2. The van der Waals surface area contributed by atoms with Gasteiger partial charge in [-0.1, -0.05) is 55.8 Å². The van der Waals surface area contributed by atoms with Gasteiger partial charge in [0.05, 0.1) is 0 Å². The summed E-state index contributed by atoms with van der Waals surface area (Å²) in [5.74, 6) is -1.34. The van der Waals surface area contributed by atoms with Gasteiger partial charge in [0.2, 0.25) is 0 Å². The number of benzene rings is 2. The van der Waals surface area contributed by atoms with E-state index in [1.165, 1.54) is 5.56 Å². The highest BCUT2D eigenvalue weighted by atomic mass is 16.5. The number of nitrogens with one attached hydrogen (secondary N) is 1. The maximum absolute atomic E-state index is 11.7. The first-order valence-electron chi connectivity index (χ1n) is 9.73. The predicted molar refractivity (Wildman–Crippen MR) is 111 cm³/mol. The fourth-order valence-electron chi connectivity index (χ4n) is 3.02. The third-order valence-corrected chi connectivity index (χ3v) is 4.57. The zero-order chi connectivity index (χ0) is 21.4. The van der Waals surface area contributed by atoms with Gasteiger partial charge in [0.1, 0.15) is 24.4 Å². The van der Waals surface area contributed by atoms with E-state index < -0.39 is 24.0 Å². The van der Waals surface area contributed by atoms with Crippen molar-refractivity contribution in [2.24, 2.45) is 5.92 Å². The Labute approximate surface area is 171 Å². The highest BCUT2D eigenvalue weighted by Gasteiger charge is 2.26. The molecule has 0 heterocycles. The molecule has 2 atom stereocenters. The van der Waals surface area contributed by atoms with Gasteiger partial charge < -0.3 is 14.9 Å². The van der Waals surface area contributed by atoms with E-state index in [0.29, 0.717) is 18.8 Å². The molecule has 0 bridgehead atoms. The minimum absolute atomic E-state index is 0.136. The average molecular weight is 399 g/mol. The van der Waals surface area contributed by atoms with Crippen LogP contribution in [0.1, 0.15) is 37.0 Å². The predicted octanol–water partition coefficient (Wildman–Crippen LogP) is 3.66. The summed E-state index contributed by atoms with van der Waals surface area (Å²) >= 11 is 0. The van der Waals surface area contributed by atoms with Gasteiger partial charge in [-0.15, -0.1) is 0 Å². The van der Waals surface area contributed by atoms with Crippen molar-refractivity contribution in [2.45, 2.75) is 52.3 Å². The topological polar surface area (TPSA) is 95.9 Å². The molecule has 2 rings (SSSR count). The molecule has 0 amide bonds. The molecule has 156 valence electrons. The summed E-state index contributed by atoms with van der Waals surface area (Å²) in [4.78, 5) is 23.1. The summed E-state index contributed by atoms with van der Waals surface area (Å²) in [5, 5.41) is 21.7.